The molecule has 0 atom stereocenters. The normalized spacial score (nSPS) is 10.0. The number of nitrogens with zero attached hydrogens (tertiary/aromatic N) is 2. The minimum Gasteiger partial charge on any atom is -0.497 e. The zero-order chi connectivity index (χ0) is 15.2. The summed E-state index contributed by atoms with van der Waals surface area (Å²) in [5.41, 5.74) is 4.43. The van der Waals surface area contributed by atoms with Crippen LogP contribution in [-0.2, 0) is 6.54 Å². The summed E-state index contributed by atoms with van der Waals surface area (Å²) in [6.45, 7) is 0.636. The number of hydrazine groups is 1. The first-order chi connectivity index (χ1) is 10.1. The molecule has 0 aliphatic rings. The first-order valence-corrected chi connectivity index (χ1v) is 6.45. The van der Waals surface area contributed by atoms with Crippen molar-refractivity contribution in [1.29, 1.82) is 0 Å². The second kappa shape index (κ2) is 6.71. The molecule has 3 N–H and O–H groups in total. The lowest BCUT2D eigenvalue weighted by Crippen LogP contribution is -2.30. The van der Waals surface area contributed by atoms with Crippen molar-refractivity contribution in [3.63, 3.8) is 0 Å². The molecule has 0 saturated heterocycles. The van der Waals surface area contributed by atoms with Gasteiger partial charge in [-0.15, -0.1) is 0 Å². The van der Waals surface area contributed by atoms with Crippen LogP contribution in [0, 0.1) is 0 Å². The summed E-state index contributed by atoms with van der Waals surface area (Å²) in [4.78, 5) is 17.7. The minimum absolute atomic E-state index is 0.349. The summed E-state index contributed by atoms with van der Waals surface area (Å²) >= 11 is 0. The van der Waals surface area contributed by atoms with Crippen molar-refractivity contribution in [2.75, 3.05) is 19.1 Å². The summed E-state index contributed by atoms with van der Waals surface area (Å²) in [6, 6.07) is 11.3. The number of aromatic nitrogens is 1. The van der Waals surface area contributed by atoms with Crippen LogP contribution in [0.15, 0.2) is 42.6 Å². The fourth-order valence-electron chi connectivity index (χ4n) is 1.91. The average Bonchev–Trinajstić information content (AvgIpc) is 2.55. The van der Waals surface area contributed by atoms with Gasteiger partial charge in [-0.2, -0.15) is 0 Å². The van der Waals surface area contributed by atoms with Gasteiger partial charge >= 0.3 is 0 Å². The van der Waals surface area contributed by atoms with Gasteiger partial charge < -0.3 is 9.64 Å². The maximum Gasteiger partial charge on any atom is 0.266 e. The van der Waals surface area contributed by atoms with E-state index >= 15 is 0 Å². The molecule has 0 radical (unpaired) electrons. The first kappa shape index (κ1) is 14.8. The molecule has 2 rings (SSSR count). The van der Waals surface area contributed by atoms with Crippen molar-refractivity contribution in [3.8, 4) is 5.75 Å². The van der Waals surface area contributed by atoms with E-state index in [9.17, 15) is 4.79 Å². The summed E-state index contributed by atoms with van der Waals surface area (Å²) < 4.78 is 5.13. The molecular formula is C15H18N4O2. The third kappa shape index (κ3) is 3.70. The van der Waals surface area contributed by atoms with Gasteiger partial charge in [0.15, 0.2) is 0 Å². The van der Waals surface area contributed by atoms with Crippen LogP contribution in [0.3, 0.4) is 0 Å². The predicted octanol–water partition coefficient (Wildman–Crippen LogP) is 1.33. The van der Waals surface area contributed by atoms with Crippen molar-refractivity contribution < 1.29 is 9.53 Å². The third-order valence-corrected chi connectivity index (χ3v) is 3.13. The summed E-state index contributed by atoms with van der Waals surface area (Å²) in [5, 5.41) is 0. The first-order valence-electron chi connectivity index (χ1n) is 6.45. The summed E-state index contributed by atoms with van der Waals surface area (Å²) in [6.07, 6.45) is 1.51. The van der Waals surface area contributed by atoms with Crippen molar-refractivity contribution >= 4 is 11.6 Å². The van der Waals surface area contributed by atoms with Crippen LogP contribution in [0.25, 0.3) is 0 Å². The van der Waals surface area contributed by atoms with E-state index < -0.39 is 0 Å². The summed E-state index contributed by atoms with van der Waals surface area (Å²) in [7, 11) is 3.62. The van der Waals surface area contributed by atoms with Crippen LogP contribution in [0.4, 0.5) is 5.69 Å². The minimum atomic E-state index is -0.349. The third-order valence-electron chi connectivity index (χ3n) is 3.13. The van der Waals surface area contributed by atoms with Gasteiger partial charge in [0, 0.05) is 18.9 Å². The lowest BCUT2D eigenvalue weighted by Gasteiger charge is -2.19. The Morgan fingerprint density at radius 2 is 2.00 bits per heavy atom. The number of amides is 1. The fourth-order valence-corrected chi connectivity index (χ4v) is 1.91. The molecular weight excluding hydrogens is 268 g/mol. The van der Waals surface area contributed by atoms with Crippen LogP contribution in [0.1, 0.15) is 16.1 Å². The van der Waals surface area contributed by atoms with Crippen LogP contribution >= 0.6 is 0 Å². The molecule has 21 heavy (non-hydrogen) atoms. The van der Waals surface area contributed by atoms with E-state index in [4.69, 9.17) is 10.6 Å². The number of methoxy groups -OCH3 is 1. The molecule has 1 amide bonds. The predicted molar refractivity (Wildman–Crippen MR) is 81.0 cm³/mol. The highest BCUT2D eigenvalue weighted by Gasteiger charge is 2.06. The number of benzene rings is 1. The molecule has 6 heteroatoms. The number of nitrogens with one attached hydrogen (secondary N) is 1. The van der Waals surface area contributed by atoms with E-state index in [1.165, 1.54) is 6.20 Å². The van der Waals surface area contributed by atoms with E-state index in [2.05, 4.69) is 15.3 Å². The number of ether oxygens (including phenoxy) is 1. The van der Waals surface area contributed by atoms with Gasteiger partial charge in [0.2, 0.25) is 0 Å². The van der Waals surface area contributed by atoms with E-state index in [-0.39, 0.29) is 5.91 Å². The number of nitrogen functional groups attached to an aromatic ring is 1. The van der Waals surface area contributed by atoms with Crippen LogP contribution in [0.2, 0.25) is 0 Å². The Kier molecular flexibility index (Phi) is 4.73. The number of carbonyl (C=O) groups is 1. The zero-order valence-corrected chi connectivity index (χ0v) is 12.0. The van der Waals surface area contributed by atoms with Crippen LogP contribution in [-0.4, -0.2) is 25.0 Å². The molecule has 0 aliphatic carbocycles. The highest BCUT2D eigenvalue weighted by atomic mass is 16.5. The number of nitrogens with two attached hydrogens (primary N) is 1. The number of anilines is 1. The second-order valence-corrected chi connectivity index (χ2v) is 4.57. The molecule has 1 aromatic carbocycles. The standard InChI is InChI=1S/C15H18N4O2/c1-19(13-5-7-14(21-2)8-6-13)10-12-4-3-11(9-17-12)15(20)18-16/h3-9H,10,16H2,1-2H3,(H,18,20). The maximum atomic E-state index is 11.3. The van der Waals surface area contributed by atoms with Crippen LogP contribution in [0.5, 0.6) is 5.75 Å². The fraction of sp³-hybridized carbons (Fsp3) is 0.200. The molecule has 0 aliphatic heterocycles. The highest BCUT2D eigenvalue weighted by molar-refractivity contribution is 5.93. The van der Waals surface area contributed by atoms with Crippen LogP contribution < -0.4 is 20.9 Å². The number of hydrogen-bond donors (Lipinski definition) is 2. The highest BCUT2D eigenvalue weighted by Crippen LogP contribution is 2.19. The molecule has 0 fully saturated rings. The molecule has 6 nitrogen and oxygen atoms in total. The Morgan fingerprint density at radius 3 is 2.52 bits per heavy atom. The Morgan fingerprint density at radius 1 is 1.29 bits per heavy atom. The van der Waals surface area contributed by atoms with E-state index in [1.54, 1.807) is 13.2 Å². The molecule has 2 aromatic rings. The largest absolute Gasteiger partial charge is 0.497 e. The van der Waals surface area contributed by atoms with Crippen molar-refractivity contribution in [1.82, 2.24) is 10.4 Å². The number of hydrogen-bond acceptors (Lipinski definition) is 5. The van der Waals surface area contributed by atoms with Crippen molar-refractivity contribution in [2.45, 2.75) is 6.54 Å². The lowest BCUT2D eigenvalue weighted by molar-refractivity contribution is 0.0953. The van der Waals surface area contributed by atoms with Gasteiger partial charge in [-0.1, -0.05) is 0 Å². The SMILES string of the molecule is COc1ccc(N(C)Cc2ccc(C(=O)NN)cn2)cc1. The Bertz CT molecular complexity index is 596. The quantitative estimate of drug-likeness (QED) is 0.492. The van der Waals surface area contributed by atoms with E-state index in [0.29, 0.717) is 12.1 Å². The van der Waals surface area contributed by atoms with Gasteiger partial charge in [0.25, 0.3) is 5.91 Å². The molecule has 1 heterocycles. The lowest BCUT2D eigenvalue weighted by atomic mass is 10.2. The number of pyridine rings is 1. The molecule has 0 saturated carbocycles. The number of rotatable bonds is 5. The maximum absolute atomic E-state index is 11.3. The Hall–Kier alpha value is -2.60. The molecule has 0 bridgehead atoms. The summed E-state index contributed by atoms with van der Waals surface area (Å²) in [5.74, 6) is 5.55. The Balaban J connectivity index is 2.04. The zero-order valence-electron chi connectivity index (χ0n) is 12.0. The average molecular weight is 286 g/mol. The van der Waals surface area contributed by atoms with Gasteiger partial charge in [-0.05, 0) is 36.4 Å². The van der Waals surface area contributed by atoms with Crippen molar-refractivity contribution in [2.24, 2.45) is 5.84 Å². The van der Waals surface area contributed by atoms with E-state index in [0.717, 1.165) is 17.1 Å². The van der Waals surface area contributed by atoms with Crippen molar-refractivity contribution in [3.05, 3.63) is 53.9 Å². The topological polar surface area (TPSA) is 80.5 Å². The smallest absolute Gasteiger partial charge is 0.266 e. The van der Waals surface area contributed by atoms with E-state index in [1.807, 2.05) is 37.4 Å². The van der Waals surface area contributed by atoms with Gasteiger partial charge in [0.1, 0.15) is 5.75 Å². The molecule has 0 spiro atoms. The van der Waals surface area contributed by atoms with Gasteiger partial charge in [-0.25, -0.2) is 5.84 Å². The second-order valence-electron chi connectivity index (χ2n) is 4.57. The number of carbonyl (C=O) groups excluding carboxylic acids is 1. The van der Waals surface area contributed by atoms with Gasteiger partial charge in [0.05, 0.1) is 24.9 Å². The molecule has 110 valence electrons. The monoisotopic (exact) mass is 286 g/mol. The molecule has 0 unspecified atom stereocenters. The Labute approximate surface area is 123 Å². The molecule has 1 aromatic heterocycles. The van der Waals surface area contributed by atoms with Gasteiger partial charge in [-0.3, -0.25) is 15.2 Å².